The third-order valence-electron chi connectivity index (χ3n) is 7.30. The second kappa shape index (κ2) is 8.39. The van der Waals surface area contributed by atoms with Crippen molar-refractivity contribution in [2.24, 2.45) is 0 Å². The van der Waals surface area contributed by atoms with Crippen LogP contribution in [-0.4, -0.2) is 20.8 Å². The lowest BCUT2D eigenvalue weighted by molar-refractivity contribution is 0.539. The number of anilines is 1. The van der Waals surface area contributed by atoms with E-state index in [1.165, 1.54) is 46.8 Å². The van der Waals surface area contributed by atoms with E-state index >= 15 is 0 Å². The van der Waals surface area contributed by atoms with Crippen molar-refractivity contribution in [2.75, 3.05) is 4.90 Å². The van der Waals surface area contributed by atoms with Gasteiger partial charge in [-0.05, 0) is 85.0 Å². The fourth-order valence-corrected chi connectivity index (χ4v) is 5.36. The van der Waals surface area contributed by atoms with Crippen LogP contribution in [0.4, 0.5) is 10.1 Å². The molecule has 0 spiro atoms. The molecule has 6 rings (SSSR count). The zero-order valence-corrected chi connectivity index (χ0v) is 19.7. The van der Waals surface area contributed by atoms with E-state index in [9.17, 15) is 4.39 Å². The summed E-state index contributed by atoms with van der Waals surface area (Å²) >= 11 is 0. The van der Waals surface area contributed by atoms with Gasteiger partial charge in [-0.15, -0.1) is 0 Å². The van der Waals surface area contributed by atoms with Crippen LogP contribution in [0.25, 0.3) is 11.1 Å². The molecular formula is C29H29FN4. The maximum absolute atomic E-state index is 13.7. The lowest BCUT2D eigenvalue weighted by Crippen LogP contribution is -2.43. The van der Waals surface area contributed by atoms with Crippen molar-refractivity contribution in [3.63, 3.8) is 0 Å². The molecule has 5 heteroatoms. The van der Waals surface area contributed by atoms with Crippen molar-refractivity contribution in [3.05, 3.63) is 101 Å². The fourth-order valence-electron chi connectivity index (χ4n) is 5.36. The van der Waals surface area contributed by atoms with Crippen molar-refractivity contribution < 1.29 is 4.39 Å². The van der Waals surface area contributed by atoms with E-state index in [0.717, 1.165) is 30.0 Å². The minimum atomic E-state index is -0.448. The van der Waals surface area contributed by atoms with Crippen LogP contribution in [-0.2, 0) is 13.0 Å². The number of hydrogen-bond acceptors (Lipinski definition) is 3. The zero-order valence-electron chi connectivity index (χ0n) is 19.7. The summed E-state index contributed by atoms with van der Waals surface area (Å²) in [6, 6.07) is 19.4. The summed E-state index contributed by atoms with van der Waals surface area (Å²) < 4.78 is 15.7. The van der Waals surface area contributed by atoms with Gasteiger partial charge in [0.15, 0.2) is 0 Å². The second-order valence-corrected chi connectivity index (χ2v) is 9.64. The van der Waals surface area contributed by atoms with E-state index < -0.39 is 5.95 Å². The Kier molecular flexibility index (Phi) is 5.20. The summed E-state index contributed by atoms with van der Waals surface area (Å²) in [7, 11) is 0. The largest absolute Gasteiger partial charge is 0.357 e. The molecule has 1 fully saturated rings. The molecule has 0 amide bonds. The molecule has 4 nitrogen and oxygen atoms in total. The van der Waals surface area contributed by atoms with Crippen molar-refractivity contribution in [2.45, 2.75) is 57.7 Å². The molecule has 0 unspecified atom stereocenters. The van der Waals surface area contributed by atoms with Gasteiger partial charge in [-0.2, -0.15) is 9.49 Å². The van der Waals surface area contributed by atoms with Crippen LogP contribution in [0.2, 0.25) is 0 Å². The number of fused-ring (bicyclic) bond motifs is 1. The maximum Gasteiger partial charge on any atom is 0.212 e. The van der Waals surface area contributed by atoms with Gasteiger partial charge in [0.2, 0.25) is 5.95 Å². The molecule has 172 valence electrons. The van der Waals surface area contributed by atoms with Crippen LogP contribution < -0.4 is 4.90 Å². The Morgan fingerprint density at radius 3 is 2.41 bits per heavy atom. The summed E-state index contributed by atoms with van der Waals surface area (Å²) in [5.74, 6) is 0.289. The molecule has 34 heavy (non-hydrogen) atoms. The number of pyridine rings is 1. The lowest BCUT2D eigenvalue weighted by Gasteiger charge is -2.44. The van der Waals surface area contributed by atoms with Gasteiger partial charge in [0.1, 0.15) is 0 Å². The first-order valence-corrected chi connectivity index (χ1v) is 12.3. The average Bonchev–Trinajstić information content (AvgIpc) is 3.60. The van der Waals surface area contributed by atoms with Gasteiger partial charge in [0.05, 0.1) is 12.2 Å². The summed E-state index contributed by atoms with van der Waals surface area (Å²) in [5, 5.41) is 4.45. The Hall–Kier alpha value is -3.47. The molecule has 1 aliphatic heterocycles. The van der Waals surface area contributed by atoms with Gasteiger partial charge in [-0.1, -0.05) is 36.4 Å². The van der Waals surface area contributed by atoms with Gasteiger partial charge in [-0.3, -0.25) is 4.68 Å². The number of rotatable bonds is 5. The van der Waals surface area contributed by atoms with Crippen LogP contribution in [0.15, 0.2) is 73.2 Å². The fraction of sp³-hybridized carbons (Fsp3) is 0.310. The summed E-state index contributed by atoms with van der Waals surface area (Å²) in [6.45, 7) is 5.23. The average molecular weight is 453 g/mol. The molecule has 0 bridgehead atoms. The van der Waals surface area contributed by atoms with Gasteiger partial charge in [0, 0.05) is 36.2 Å². The summed E-state index contributed by atoms with van der Waals surface area (Å²) in [4.78, 5) is 6.47. The summed E-state index contributed by atoms with van der Waals surface area (Å²) in [5.41, 5.74) is 8.54. The van der Waals surface area contributed by atoms with E-state index in [0.29, 0.717) is 0 Å². The molecule has 2 aromatic carbocycles. The van der Waals surface area contributed by atoms with Crippen molar-refractivity contribution in [1.82, 2.24) is 14.8 Å². The lowest BCUT2D eigenvalue weighted by atomic mass is 9.83. The predicted molar refractivity (Wildman–Crippen MR) is 133 cm³/mol. The minimum absolute atomic E-state index is 0.0222. The first-order valence-electron chi connectivity index (χ1n) is 12.3. The number of aromatic nitrogens is 3. The predicted octanol–water partition coefficient (Wildman–Crippen LogP) is 6.52. The summed E-state index contributed by atoms with van der Waals surface area (Å²) in [6.07, 6.45) is 9.27. The first-order chi connectivity index (χ1) is 16.6. The normalized spacial score (nSPS) is 19.8. The van der Waals surface area contributed by atoms with Crippen LogP contribution in [0.5, 0.6) is 0 Å². The van der Waals surface area contributed by atoms with Crippen molar-refractivity contribution in [3.8, 4) is 11.1 Å². The molecular weight excluding hydrogens is 423 g/mol. The molecule has 4 aromatic rings. The smallest absolute Gasteiger partial charge is 0.212 e. The van der Waals surface area contributed by atoms with E-state index in [2.05, 4.69) is 77.5 Å². The monoisotopic (exact) mass is 452 g/mol. The van der Waals surface area contributed by atoms with Gasteiger partial charge < -0.3 is 4.90 Å². The number of nitrogens with zero attached hydrogens (tertiary/aromatic N) is 4. The van der Waals surface area contributed by atoms with E-state index in [4.69, 9.17) is 0 Å². The molecule has 0 radical (unpaired) electrons. The Bertz CT molecular complexity index is 1300. The van der Waals surface area contributed by atoms with Gasteiger partial charge in [-0.25, -0.2) is 4.98 Å². The van der Waals surface area contributed by atoms with Gasteiger partial charge >= 0.3 is 0 Å². The molecule has 2 atom stereocenters. The van der Waals surface area contributed by atoms with Crippen LogP contribution in [0, 0.1) is 5.95 Å². The van der Waals surface area contributed by atoms with Crippen molar-refractivity contribution >= 4 is 5.69 Å². The maximum atomic E-state index is 13.7. The highest BCUT2D eigenvalue weighted by molar-refractivity contribution is 5.66. The standard InChI is InChI=1S/C29H29FN4/c1-3-33-18-25(17-32-33)22-8-12-27-24(15-22)14-19(2)34(29(27)23-9-13-28(30)31-16-23)26-10-6-21(7-11-26)20-4-5-20/h6-13,15-20,29H,3-5,14H2,1-2H3/t19-,29-/m1/s1. The molecule has 2 aliphatic rings. The number of benzene rings is 2. The highest BCUT2D eigenvalue weighted by Gasteiger charge is 2.34. The van der Waals surface area contributed by atoms with E-state index in [-0.39, 0.29) is 12.1 Å². The number of halogens is 1. The van der Waals surface area contributed by atoms with Crippen LogP contribution in [0.1, 0.15) is 60.9 Å². The SMILES string of the molecule is CCn1cc(-c2ccc3c(c2)C[C@@H](C)N(c2ccc(C4CC4)cc2)[C@@H]3c2ccc(F)nc2)cn1. The van der Waals surface area contributed by atoms with E-state index in [1.54, 1.807) is 6.20 Å². The Morgan fingerprint density at radius 2 is 1.74 bits per heavy atom. The first kappa shape index (κ1) is 21.1. The minimum Gasteiger partial charge on any atom is -0.357 e. The number of aryl methyl sites for hydroxylation is 1. The zero-order chi connectivity index (χ0) is 23.2. The Labute approximate surface area is 200 Å². The molecule has 2 aromatic heterocycles. The molecule has 1 saturated carbocycles. The Morgan fingerprint density at radius 1 is 0.941 bits per heavy atom. The third-order valence-corrected chi connectivity index (χ3v) is 7.30. The second-order valence-electron chi connectivity index (χ2n) is 9.64. The topological polar surface area (TPSA) is 34.0 Å². The Balaban J connectivity index is 1.44. The highest BCUT2D eigenvalue weighted by atomic mass is 19.1. The third kappa shape index (κ3) is 3.79. The van der Waals surface area contributed by atoms with Crippen LogP contribution >= 0.6 is 0 Å². The highest BCUT2D eigenvalue weighted by Crippen LogP contribution is 2.44. The van der Waals surface area contributed by atoms with Gasteiger partial charge in [0.25, 0.3) is 0 Å². The number of hydrogen-bond donors (Lipinski definition) is 0. The molecule has 1 aliphatic carbocycles. The molecule has 0 saturated heterocycles. The van der Waals surface area contributed by atoms with E-state index in [1.807, 2.05) is 16.9 Å². The van der Waals surface area contributed by atoms with Crippen molar-refractivity contribution in [1.29, 1.82) is 0 Å². The molecule has 3 heterocycles. The quantitative estimate of drug-likeness (QED) is 0.323. The van der Waals surface area contributed by atoms with Crippen LogP contribution in [0.3, 0.4) is 0 Å². The molecule has 0 N–H and O–H groups in total.